The van der Waals surface area contributed by atoms with Crippen molar-refractivity contribution in [3.05, 3.63) is 45.1 Å². The van der Waals surface area contributed by atoms with Gasteiger partial charge in [-0.2, -0.15) is 0 Å². The topological polar surface area (TPSA) is 42.0 Å². The van der Waals surface area contributed by atoms with Crippen LogP contribution in [0, 0.1) is 12.7 Å². The van der Waals surface area contributed by atoms with Crippen molar-refractivity contribution in [3.8, 4) is 0 Å². The SMILES string of the molecule is Cc1nc(CC(=O)Nc2ccc(F)cc2Cl)cs1. The minimum absolute atomic E-state index is 0.179. The molecule has 1 amide bonds. The molecule has 0 radical (unpaired) electrons. The second kappa shape index (κ2) is 5.46. The van der Waals surface area contributed by atoms with Crippen molar-refractivity contribution >= 4 is 34.5 Å². The van der Waals surface area contributed by atoms with Crippen LogP contribution in [-0.2, 0) is 11.2 Å². The summed E-state index contributed by atoms with van der Waals surface area (Å²) in [5.74, 6) is -0.665. The molecule has 2 aromatic rings. The number of aromatic nitrogens is 1. The molecule has 0 aliphatic heterocycles. The summed E-state index contributed by atoms with van der Waals surface area (Å²) in [5.41, 5.74) is 1.11. The number of amides is 1. The molecule has 0 unspecified atom stereocenters. The fraction of sp³-hybridized carbons (Fsp3) is 0.167. The molecular weight excluding hydrogens is 275 g/mol. The maximum absolute atomic E-state index is 12.8. The molecule has 2 rings (SSSR count). The molecule has 0 bridgehead atoms. The summed E-state index contributed by atoms with van der Waals surface area (Å²) in [5, 5.41) is 5.55. The first-order valence-electron chi connectivity index (χ1n) is 5.20. The van der Waals surface area contributed by atoms with Gasteiger partial charge >= 0.3 is 0 Å². The van der Waals surface area contributed by atoms with E-state index in [-0.39, 0.29) is 17.4 Å². The first kappa shape index (κ1) is 13.0. The summed E-state index contributed by atoms with van der Waals surface area (Å²) in [7, 11) is 0. The van der Waals surface area contributed by atoms with Crippen molar-refractivity contribution in [3.63, 3.8) is 0 Å². The number of aryl methyl sites for hydroxylation is 1. The summed E-state index contributed by atoms with van der Waals surface area (Å²) in [6, 6.07) is 3.83. The van der Waals surface area contributed by atoms with E-state index in [0.717, 1.165) is 11.1 Å². The van der Waals surface area contributed by atoms with Crippen LogP contribution in [0.15, 0.2) is 23.6 Å². The van der Waals surface area contributed by atoms with Crippen molar-refractivity contribution in [1.82, 2.24) is 4.98 Å². The molecule has 1 aromatic heterocycles. The van der Waals surface area contributed by atoms with Crippen LogP contribution in [0.1, 0.15) is 10.7 Å². The van der Waals surface area contributed by atoms with Crippen LogP contribution in [0.3, 0.4) is 0 Å². The Labute approximate surface area is 113 Å². The first-order chi connectivity index (χ1) is 8.54. The van der Waals surface area contributed by atoms with Crippen LogP contribution in [0.4, 0.5) is 10.1 Å². The van der Waals surface area contributed by atoms with Crippen molar-refractivity contribution in [2.75, 3.05) is 5.32 Å². The fourth-order valence-corrected chi connectivity index (χ4v) is 2.27. The van der Waals surface area contributed by atoms with Gasteiger partial charge < -0.3 is 5.32 Å². The minimum Gasteiger partial charge on any atom is -0.324 e. The zero-order chi connectivity index (χ0) is 13.1. The van der Waals surface area contributed by atoms with Gasteiger partial charge in [-0.1, -0.05) is 11.6 Å². The first-order valence-corrected chi connectivity index (χ1v) is 6.46. The number of rotatable bonds is 3. The highest BCUT2D eigenvalue weighted by Gasteiger charge is 2.09. The van der Waals surface area contributed by atoms with E-state index in [0.29, 0.717) is 11.4 Å². The second-order valence-electron chi connectivity index (χ2n) is 3.71. The van der Waals surface area contributed by atoms with Crippen molar-refractivity contribution in [2.45, 2.75) is 13.3 Å². The van der Waals surface area contributed by atoms with E-state index in [4.69, 9.17) is 11.6 Å². The third kappa shape index (κ3) is 3.27. The van der Waals surface area contributed by atoms with Gasteiger partial charge in [-0.15, -0.1) is 11.3 Å². The summed E-state index contributed by atoms with van der Waals surface area (Å²) < 4.78 is 12.8. The molecule has 0 atom stereocenters. The molecule has 0 fully saturated rings. The van der Waals surface area contributed by atoms with E-state index in [1.807, 2.05) is 12.3 Å². The van der Waals surface area contributed by atoms with Crippen LogP contribution in [-0.4, -0.2) is 10.9 Å². The van der Waals surface area contributed by atoms with Crippen molar-refractivity contribution < 1.29 is 9.18 Å². The summed E-state index contributed by atoms with van der Waals surface area (Å²) in [6.07, 6.45) is 0.179. The number of carbonyl (C=O) groups excluding carboxylic acids is 1. The third-order valence-corrected chi connectivity index (χ3v) is 3.35. The number of hydrogen-bond donors (Lipinski definition) is 1. The molecule has 0 aliphatic rings. The molecule has 0 aliphatic carbocycles. The number of halogens is 2. The lowest BCUT2D eigenvalue weighted by atomic mass is 10.2. The van der Waals surface area contributed by atoms with Crippen LogP contribution in [0.2, 0.25) is 5.02 Å². The monoisotopic (exact) mass is 284 g/mol. The largest absolute Gasteiger partial charge is 0.324 e. The van der Waals surface area contributed by atoms with Gasteiger partial charge in [0, 0.05) is 5.38 Å². The number of carbonyl (C=O) groups is 1. The Bertz CT molecular complexity index is 585. The molecule has 0 spiro atoms. The van der Waals surface area contributed by atoms with Gasteiger partial charge in [-0.25, -0.2) is 9.37 Å². The lowest BCUT2D eigenvalue weighted by Crippen LogP contribution is -2.14. The third-order valence-electron chi connectivity index (χ3n) is 2.21. The number of thiazole rings is 1. The summed E-state index contributed by atoms with van der Waals surface area (Å²) in [4.78, 5) is 15.9. The maximum Gasteiger partial charge on any atom is 0.230 e. The molecule has 18 heavy (non-hydrogen) atoms. The summed E-state index contributed by atoms with van der Waals surface area (Å²) in [6.45, 7) is 1.88. The molecular formula is C12H10ClFN2OS. The van der Waals surface area contributed by atoms with Gasteiger partial charge in [0.2, 0.25) is 5.91 Å². The Morgan fingerprint density at radius 1 is 1.56 bits per heavy atom. The average molecular weight is 285 g/mol. The number of nitrogens with one attached hydrogen (secondary N) is 1. The molecule has 6 heteroatoms. The maximum atomic E-state index is 12.8. The zero-order valence-corrected chi connectivity index (χ0v) is 11.1. The summed E-state index contributed by atoms with van der Waals surface area (Å²) >= 11 is 7.30. The highest BCUT2D eigenvalue weighted by Crippen LogP contribution is 2.22. The molecule has 0 saturated heterocycles. The predicted molar refractivity (Wildman–Crippen MR) is 70.6 cm³/mol. The zero-order valence-electron chi connectivity index (χ0n) is 9.54. The Hall–Kier alpha value is -1.46. The van der Waals surface area contributed by atoms with E-state index in [9.17, 15) is 9.18 Å². The van der Waals surface area contributed by atoms with Crippen LogP contribution in [0.5, 0.6) is 0 Å². The number of benzene rings is 1. The molecule has 1 heterocycles. The standard InChI is InChI=1S/C12H10ClFN2OS/c1-7-15-9(6-18-7)5-12(17)16-11-3-2-8(14)4-10(11)13/h2-4,6H,5H2,1H3,(H,16,17). The molecule has 1 aromatic carbocycles. The van der Waals surface area contributed by atoms with E-state index in [2.05, 4.69) is 10.3 Å². The normalized spacial score (nSPS) is 10.4. The number of anilines is 1. The van der Waals surface area contributed by atoms with Gasteiger partial charge in [0.25, 0.3) is 0 Å². The van der Waals surface area contributed by atoms with Crippen molar-refractivity contribution in [1.29, 1.82) is 0 Å². The number of hydrogen-bond acceptors (Lipinski definition) is 3. The second-order valence-corrected chi connectivity index (χ2v) is 5.18. The Kier molecular flexibility index (Phi) is 3.93. The van der Waals surface area contributed by atoms with Crippen LogP contribution in [0.25, 0.3) is 0 Å². The van der Waals surface area contributed by atoms with Gasteiger partial charge in [-0.05, 0) is 25.1 Å². The smallest absolute Gasteiger partial charge is 0.230 e. The highest BCUT2D eigenvalue weighted by molar-refractivity contribution is 7.09. The quantitative estimate of drug-likeness (QED) is 0.938. The van der Waals surface area contributed by atoms with Gasteiger partial charge in [0.05, 0.1) is 27.8 Å². The van der Waals surface area contributed by atoms with E-state index in [1.165, 1.54) is 23.5 Å². The molecule has 0 saturated carbocycles. The van der Waals surface area contributed by atoms with Gasteiger partial charge in [-0.3, -0.25) is 4.79 Å². The lowest BCUT2D eigenvalue weighted by Gasteiger charge is -2.06. The van der Waals surface area contributed by atoms with E-state index >= 15 is 0 Å². The predicted octanol–water partition coefficient (Wildman–Crippen LogP) is 3.43. The van der Waals surface area contributed by atoms with Crippen LogP contribution < -0.4 is 5.32 Å². The molecule has 94 valence electrons. The van der Waals surface area contributed by atoms with E-state index in [1.54, 1.807) is 0 Å². The molecule has 3 nitrogen and oxygen atoms in total. The Balaban J connectivity index is 2.03. The van der Waals surface area contributed by atoms with E-state index < -0.39 is 5.82 Å². The van der Waals surface area contributed by atoms with Gasteiger partial charge in [0.1, 0.15) is 5.82 Å². The Morgan fingerprint density at radius 2 is 2.33 bits per heavy atom. The van der Waals surface area contributed by atoms with Crippen LogP contribution >= 0.6 is 22.9 Å². The van der Waals surface area contributed by atoms with Gasteiger partial charge in [0.15, 0.2) is 0 Å². The highest BCUT2D eigenvalue weighted by atomic mass is 35.5. The lowest BCUT2D eigenvalue weighted by molar-refractivity contribution is -0.115. The van der Waals surface area contributed by atoms with Crippen molar-refractivity contribution in [2.24, 2.45) is 0 Å². The molecule has 1 N–H and O–H groups in total. The number of nitrogens with zero attached hydrogens (tertiary/aromatic N) is 1. The minimum atomic E-state index is -0.437. The average Bonchev–Trinajstić information content (AvgIpc) is 2.68. The Morgan fingerprint density at radius 3 is 2.94 bits per heavy atom. The fourth-order valence-electron chi connectivity index (χ4n) is 1.44.